The lowest BCUT2D eigenvalue weighted by atomic mass is 10.2. The summed E-state index contributed by atoms with van der Waals surface area (Å²) >= 11 is 10.7. The Bertz CT molecular complexity index is 1810. The van der Waals surface area contributed by atoms with Crippen LogP contribution in [0, 0.1) is 23.8 Å². The first-order chi connectivity index (χ1) is 21.7. The van der Waals surface area contributed by atoms with E-state index in [1.165, 1.54) is 36.4 Å². The molecule has 4 rings (SSSR count). The fourth-order valence-corrected chi connectivity index (χ4v) is 4.33. The summed E-state index contributed by atoms with van der Waals surface area (Å²) < 4.78 is 26.0. The summed E-state index contributed by atoms with van der Waals surface area (Å²) in [6, 6.07) is 30.9. The van der Waals surface area contributed by atoms with Crippen LogP contribution in [0.4, 0.5) is 31.5 Å². The third-order valence-electron chi connectivity index (χ3n) is 5.90. The van der Waals surface area contributed by atoms with Crippen LogP contribution in [0.15, 0.2) is 97.1 Å². The number of thiocarbonyl (C=S) groups is 2. The molecule has 4 aromatic rings. The number of hydrogen-bond acceptors (Lipinski definition) is 4. The van der Waals surface area contributed by atoms with Crippen molar-refractivity contribution in [1.82, 2.24) is 0 Å². The number of nitrogens with zero attached hydrogens (tertiary/aromatic N) is 2. The van der Waals surface area contributed by atoms with Gasteiger partial charge in [-0.3, -0.25) is 9.59 Å². The Morgan fingerprint density at radius 2 is 0.844 bits per heavy atom. The summed E-state index contributed by atoms with van der Waals surface area (Å²) in [6.07, 6.45) is 0.296. The van der Waals surface area contributed by atoms with E-state index in [0.717, 1.165) is 5.69 Å². The zero-order valence-electron chi connectivity index (χ0n) is 23.6. The van der Waals surface area contributed by atoms with E-state index in [0.29, 0.717) is 44.6 Å². The first-order valence-electron chi connectivity index (χ1n) is 13.5. The Hall–Kier alpha value is -5.56. The summed E-state index contributed by atoms with van der Waals surface area (Å²) in [4.78, 5) is 33.0. The lowest BCUT2D eigenvalue weighted by Gasteiger charge is -2.10. The number of halogens is 2. The molecule has 0 aromatic heterocycles. The lowest BCUT2D eigenvalue weighted by molar-refractivity contribution is -0.121. The van der Waals surface area contributed by atoms with E-state index in [4.69, 9.17) is 24.4 Å². The van der Waals surface area contributed by atoms with Gasteiger partial charge in [-0.1, -0.05) is 24.4 Å². The van der Waals surface area contributed by atoms with Gasteiger partial charge in [0.05, 0.1) is 9.98 Å². The normalized spacial score (nSPS) is 9.82. The van der Waals surface area contributed by atoms with Crippen molar-refractivity contribution in [3.63, 3.8) is 0 Å². The average Bonchev–Trinajstić information content (AvgIpc) is 3.02. The molecule has 0 spiro atoms. The number of benzene rings is 4. The highest BCUT2D eigenvalue weighted by molar-refractivity contribution is 7.82. The highest BCUT2D eigenvalue weighted by Crippen LogP contribution is 2.14. The average molecular weight is 641 g/mol. The molecule has 0 bridgehead atoms. The third-order valence-corrected chi connectivity index (χ3v) is 6.39. The summed E-state index contributed by atoms with van der Waals surface area (Å²) in [6.45, 7) is 0. The number of nitrogens with one attached hydrogen (secondary N) is 4. The standard InChI is InChI=1S/C33H24F2N6O2S2/c34-24-5-13-27(14-6-24)39-31(43)18-17-30(42)38-26-9-1-22(2-10-26)20-36-37-21-23-3-11-28(12-4-23)40-32(44)19-33(45)41-29-15-7-25(35)8-16-29/h1-16H,17-19H2,(H2-2,38,39,40,41,42,43,44,45)/p+2. The molecule has 4 aromatic carbocycles. The molecule has 0 aliphatic rings. The minimum Gasteiger partial charge on any atom is -0.350 e. The van der Waals surface area contributed by atoms with E-state index in [9.17, 15) is 18.4 Å². The van der Waals surface area contributed by atoms with E-state index in [1.54, 1.807) is 48.5 Å². The maximum atomic E-state index is 13.1. The fourth-order valence-electron chi connectivity index (χ4n) is 3.72. The highest BCUT2D eigenvalue weighted by atomic mass is 32.1. The van der Waals surface area contributed by atoms with Crippen molar-refractivity contribution in [2.45, 2.75) is 19.3 Å². The molecule has 0 atom stereocenters. The number of carbonyl (C=O) groups is 2. The van der Waals surface area contributed by atoms with Crippen molar-refractivity contribution in [3.8, 4) is 12.1 Å². The molecule has 2 amide bonds. The Morgan fingerprint density at radius 1 is 0.533 bits per heavy atom. The molecule has 0 heterocycles. The number of carbonyl (C=O) groups excluding carboxylic acids is 2. The van der Waals surface area contributed by atoms with Gasteiger partial charge < -0.3 is 21.3 Å². The Labute approximate surface area is 269 Å². The maximum absolute atomic E-state index is 13.1. The monoisotopic (exact) mass is 640 g/mol. The molecule has 224 valence electrons. The molecule has 45 heavy (non-hydrogen) atoms. The van der Waals surface area contributed by atoms with E-state index in [-0.39, 0.29) is 30.5 Å². The fraction of sp³-hybridized carbons (Fsp3) is 0.0909. The van der Waals surface area contributed by atoms with Crippen LogP contribution in [0.1, 0.15) is 30.4 Å². The molecule has 0 aliphatic heterocycles. The van der Waals surface area contributed by atoms with Crippen molar-refractivity contribution in [1.29, 1.82) is 0 Å². The molecule has 0 saturated carbocycles. The van der Waals surface area contributed by atoms with Gasteiger partial charge in [-0.25, -0.2) is 8.78 Å². The van der Waals surface area contributed by atoms with Gasteiger partial charge in [-0.2, -0.15) is 0 Å². The van der Waals surface area contributed by atoms with Gasteiger partial charge in [0.15, 0.2) is 0 Å². The topological polar surface area (TPSA) is 91.0 Å². The molecule has 0 unspecified atom stereocenters. The Balaban J connectivity index is 1.18. The van der Waals surface area contributed by atoms with Crippen molar-refractivity contribution < 1.29 is 18.4 Å². The second-order valence-electron chi connectivity index (χ2n) is 9.46. The van der Waals surface area contributed by atoms with Crippen LogP contribution in [0.25, 0.3) is 9.91 Å². The first kappa shape index (κ1) is 32.4. The van der Waals surface area contributed by atoms with Crippen LogP contribution in [0.3, 0.4) is 0 Å². The number of rotatable bonds is 9. The first-order valence-corrected chi connectivity index (χ1v) is 14.4. The van der Waals surface area contributed by atoms with Crippen LogP contribution < -0.4 is 21.3 Å². The maximum Gasteiger partial charge on any atom is 0.428 e. The van der Waals surface area contributed by atoms with Crippen molar-refractivity contribution in [3.05, 3.63) is 130 Å². The van der Waals surface area contributed by atoms with Gasteiger partial charge in [0.25, 0.3) is 0 Å². The molecule has 0 fully saturated rings. The summed E-state index contributed by atoms with van der Waals surface area (Å²) in [7, 11) is 0. The minimum absolute atomic E-state index is 0.0129. The van der Waals surface area contributed by atoms with Gasteiger partial charge in [0.1, 0.15) is 22.8 Å². The molecular formula is C33H26F2N6O2S2+2. The minimum atomic E-state index is -0.399. The zero-order chi connectivity index (χ0) is 32.0. The van der Waals surface area contributed by atoms with Crippen molar-refractivity contribution >= 4 is 69.0 Å². The third kappa shape index (κ3) is 11.6. The lowest BCUT2D eigenvalue weighted by Crippen LogP contribution is -2.18. The SMILES string of the molecule is O=C(CCC(=O)Nc1ccc(C#[N+][N+]#Cc2ccc(NC(=S)CC(=S)Nc3ccc(F)cc3)cc2)cc1)Nc1ccc(F)cc1. The largest absolute Gasteiger partial charge is 0.428 e. The summed E-state index contributed by atoms with van der Waals surface area (Å²) in [5, 5.41) is 11.5. The smallest absolute Gasteiger partial charge is 0.350 e. The van der Waals surface area contributed by atoms with Crippen LogP contribution >= 0.6 is 24.4 Å². The zero-order valence-corrected chi connectivity index (χ0v) is 25.3. The number of anilines is 4. The predicted octanol–water partition coefficient (Wildman–Crippen LogP) is 7.87. The Kier molecular flexibility index (Phi) is 11.7. The van der Waals surface area contributed by atoms with Gasteiger partial charge in [0.2, 0.25) is 11.8 Å². The van der Waals surface area contributed by atoms with Gasteiger partial charge >= 0.3 is 22.0 Å². The van der Waals surface area contributed by atoms with Crippen LogP contribution in [-0.4, -0.2) is 21.8 Å². The quantitative estimate of drug-likeness (QED) is 0.110. The molecule has 4 N–H and O–H groups in total. The van der Waals surface area contributed by atoms with E-state index >= 15 is 0 Å². The summed E-state index contributed by atoms with van der Waals surface area (Å²) in [5.41, 5.74) is 3.79. The second-order valence-corrected chi connectivity index (χ2v) is 10.4. The Morgan fingerprint density at radius 3 is 1.20 bits per heavy atom. The summed E-state index contributed by atoms with van der Waals surface area (Å²) in [5.74, 6) is -1.39. The van der Waals surface area contributed by atoms with Crippen LogP contribution in [0.2, 0.25) is 0 Å². The predicted molar refractivity (Wildman–Crippen MR) is 182 cm³/mol. The second kappa shape index (κ2) is 16.3. The van der Waals surface area contributed by atoms with Crippen LogP contribution in [-0.2, 0) is 9.59 Å². The number of amides is 2. The van der Waals surface area contributed by atoms with E-state index in [2.05, 4.69) is 43.3 Å². The molecule has 0 saturated heterocycles. The van der Waals surface area contributed by atoms with Crippen molar-refractivity contribution in [2.24, 2.45) is 0 Å². The van der Waals surface area contributed by atoms with E-state index < -0.39 is 5.82 Å². The van der Waals surface area contributed by atoms with E-state index in [1.807, 2.05) is 12.1 Å². The van der Waals surface area contributed by atoms with Crippen molar-refractivity contribution in [2.75, 3.05) is 21.3 Å². The van der Waals surface area contributed by atoms with Crippen LogP contribution in [0.5, 0.6) is 0 Å². The van der Waals surface area contributed by atoms with Gasteiger partial charge in [-0.05, 0) is 97.1 Å². The van der Waals surface area contributed by atoms with Gasteiger partial charge in [0, 0.05) is 42.0 Å². The molecule has 0 aliphatic carbocycles. The molecule has 12 heteroatoms. The molecular weight excluding hydrogens is 615 g/mol. The van der Waals surface area contributed by atoms with Gasteiger partial charge in [-0.15, -0.1) is 0 Å². The number of hydrogen-bond donors (Lipinski definition) is 4. The molecule has 0 radical (unpaired) electrons. The molecule has 8 nitrogen and oxygen atoms in total. The highest BCUT2D eigenvalue weighted by Gasteiger charge is 2.10.